The first-order valence-electron chi connectivity index (χ1n) is 8.27. The molecule has 0 aromatic carbocycles. The molecule has 8 nitrogen and oxygen atoms in total. The summed E-state index contributed by atoms with van der Waals surface area (Å²) in [5.41, 5.74) is 3.13. The van der Waals surface area contributed by atoms with Crippen LogP contribution < -0.4 is 0 Å². The van der Waals surface area contributed by atoms with Crippen molar-refractivity contribution in [1.82, 2.24) is 30.1 Å². The summed E-state index contributed by atoms with van der Waals surface area (Å²) < 4.78 is 6.91. The third-order valence-electron chi connectivity index (χ3n) is 4.47. The highest BCUT2D eigenvalue weighted by molar-refractivity contribution is 5.96. The minimum absolute atomic E-state index is 0.0714. The number of aromatic amines is 1. The normalized spacial score (nSPS) is 18.1. The highest BCUT2D eigenvalue weighted by Gasteiger charge is 2.27. The van der Waals surface area contributed by atoms with E-state index in [4.69, 9.17) is 4.74 Å². The van der Waals surface area contributed by atoms with E-state index in [1.54, 1.807) is 7.11 Å². The zero-order chi connectivity index (χ0) is 17.1. The van der Waals surface area contributed by atoms with Crippen molar-refractivity contribution in [2.75, 3.05) is 20.2 Å². The van der Waals surface area contributed by atoms with E-state index in [0.717, 1.165) is 49.6 Å². The van der Waals surface area contributed by atoms with Crippen LogP contribution in [-0.4, -0.2) is 56.2 Å². The molecule has 130 valence electrons. The monoisotopic (exact) mass is 332 g/mol. The van der Waals surface area contributed by atoms with Gasteiger partial charge in [0.05, 0.1) is 24.1 Å². The number of H-pyrrole nitrogens is 1. The van der Waals surface area contributed by atoms with Gasteiger partial charge in [0.15, 0.2) is 0 Å². The van der Waals surface area contributed by atoms with Crippen molar-refractivity contribution in [3.8, 4) is 0 Å². The van der Waals surface area contributed by atoms with Crippen LogP contribution in [-0.2, 0) is 17.9 Å². The molecule has 8 heteroatoms. The molecule has 1 aliphatic rings. The van der Waals surface area contributed by atoms with Crippen LogP contribution in [0, 0.1) is 19.8 Å². The van der Waals surface area contributed by atoms with Crippen molar-refractivity contribution >= 4 is 5.91 Å². The van der Waals surface area contributed by atoms with Gasteiger partial charge < -0.3 is 9.64 Å². The molecule has 0 spiro atoms. The lowest BCUT2D eigenvalue weighted by molar-refractivity contribution is 0.0658. The van der Waals surface area contributed by atoms with Crippen LogP contribution in [0.25, 0.3) is 0 Å². The average Bonchev–Trinajstić information content (AvgIpc) is 3.14. The molecular weight excluding hydrogens is 308 g/mol. The van der Waals surface area contributed by atoms with Gasteiger partial charge in [0.25, 0.3) is 5.91 Å². The number of nitrogens with zero attached hydrogens (tertiary/aromatic N) is 5. The Labute approximate surface area is 141 Å². The molecule has 0 bridgehead atoms. The second-order valence-electron chi connectivity index (χ2n) is 6.43. The number of carbonyl (C=O) groups is 1. The van der Waals surface area contributed by atoms with Crippen LogP contribution in [0.2, 0.25) is 0 Å². The molecule has 2 aromatic rings. The van der Waals surface area contributed by atoms with Crippen molar-refractivity contribution in [1.29, 1.82) is 0 Å². The smallest absolute Gasteiger partial charge is 0.257 e. The highest BCUT2D eigenvalue weighted by atomic mass is 16.5. The summed E-state index contributed by atoms with van der Waals surface area (Å²) in [5, 5.41) is 15.3. The molecule has 1 N–H and O–H groups in total. The Kier molecular flexibility index (Phi) is 4.94. The van der Waals surface area contributed by atoms with Crippen molar-refractivity contribution in [3.63, 3.8) is 0 Å². The molecule has 0 radical (unpaired) electrons. The Morgan fingerprint density at radius 3 is 3.00 bits per heavy atom. The molecule has 0 aliphatic carbocycles. The highest BCUT2D eigenvalue weighted by Crippen LogP contribution is 2.22. The first kappa shape index (κ1) is 16.6. The Balaban J connectivity index is 1.64. The summed E-state index contributed by atoms with van der Waals surface area (Å²) in [4.78, 5) is 14.7. The van der Waals surface area contributed by atoms with Gasteiger partial charge in [-0.2, -0.15) is 5.10 Å². The van der Waals surface area contributed by atoms with Gasteiger partial charge in [-0.25, -0.2) is 0 Å². The fourth-order valence-electron chi connectivity index (χ4n) is 3.33. The quantitative estimate of drug-likeness (QED) is 0.892. The Morgan fingerprint density at radius 2 is 2.29 bits per heavy atom. The maximum absolute atomic E-state index is 12.8. The third kappa shape index (κ3) is 3.48. The maximum Gasteiger partial charge on any atom is 0.257 e. The number of methoxy groups -OCH3 is 1. The van der Waals surface area contributed by atoms with Crippen LogP contribution in [0.15, 0.2) is 6.20 Å². The second kappa shape index (κ2) is 7.12. The summed E-state index contributed by atoms with van der Waals surface area (Å²) in [5.74, 6) is 0.453. The summed E-state index contributed by atoms with van der Waals surface area (Å²) in [6.07, 6.45) is 4.01. The minimum Gasteiger partial charge on any atom is -0.378 e. The van der Waals surface area contributed by atoms with E-state index >= 15 is 0 Å². The summed E-state index contributed by atoms with van der Waals surface area (Å²) in [6, 6.07) is 0. The average molecular weight is 332 g/mol. The zero-order valence-electron chi connectivity index (χ0n) is 14.4. The molecule has 1 atom stereocenters. The topological polar surface area (TPSA) is 88.9 Å². The van der Waals surface area contributed by atoms with Crippen molar-refractivity contribution < 1.29 is 9.53 Å². The van der Waals surface area contributed by atoms with Gasteiger partial charge in [0, 0.05) is 32.4 Å². The summed E-state index contributed by atoms with van der Waals surface area (Å²) in [6.45, 7) is 6.53. The van der Waals surface area contributed by atoms with Crippen LogP contribution in [0.3, 0.4) is 0 Å². The van der Waals surface area contributed by atoms with Gasteiger partial charge in [0.1, 0.15) is 5.69 Å². The van der Waals surface area contributed by atoms with Gasteiger partial charge in [-0.3, -0.25) is 14.6 Å². The minimum atomic E-state index is 0.0714. The first-order valence-corrected chi connectivity index (χ1v) is 8.27. The first-order chi connectivity index (χ1) is 11.6. The molecule has 3 rings (SSSR count). The van der Waals surface area contributed by atoms with Gasteiger partial charge in [-0.15, -0.1) is 5.10 Å². The SMILES string of the molecule is COCc1cn(C[C@@H]2CCCN(C(=O)c3c(C)n[nH]c3C)C2)nn1. The number of aromatic nitrogens is 5. The molecule has 1 amide bonds. The van der Waals surface area contributed by atoms with E-state index in [9.17, 15) is 4.79 Å². The molecule has 1 saturated heterocycles. The number of ether oxygens (including phenoxy) is 1. The van der Waals surface area contributed by atoms with E-state index in [0.29, 0.717) is 18.1 Å². The van der Waals surface area contributed by atoms with E-state index in [1.165, 1.54) is 0 Å². The summed E-state index contributed by atoms with van der Waals surface area (Å²) in [7, 11) is 1.64. The Hall–Kier alpha value is -2.22. The van der Waals surface area contributed by atoms with Gasteiger partial charge in [-0.05, 0) is 32.6 Å². The maximum atomic E-state index is 12.8. The fourth-order valence-corrected chi connectivity index (χ4v) is 3.33. The molecular formula is C16H24N6O2. The fraction of sp³-hybridized carbons (Fsp3) is 0.625. The number of carbonyl (C=O) groups excluding carboxylic acids is 1. The Bertz CT molecular complexity index is 688. The third-order valence-corrected chi connectivity index (χ3v) is 4.47. The molecule has 0 saturated carbocycles. The lowest BCUT2D eigenvalue weighted by atomic mass is 9.97. The number of hydrogen-bond donors (Lipinski definition) is 1. The van der Waals surface area contributed by atoms with Gasteiger partial charge in [-0.1, -0.05) is 5.21 Å². The van der Waals surface area contributed by atoms with E-state index in [1.807, 2.05) is 29.6 Å². The lowest BCUT2D eigenvalue weighted by Crippen LogP contribution is -2.41. The number of likely N-dealkylation sites (tertiary alicyclic amines) is 1. The predicted octanol–water partition coefficient (Wildman–Crippen LogP) is 1.32. The zero-order valence-corrected chi connectivity index (χ0v) is 14.4. The number of hydrogen-bond acceptors (Lipinski definition) is 5. The predicted molar refractivity (Wildman–Crippen MR) is 87.4 cm³/mol. The van der Waals surface area contributed by atoms with Crippen molar-refractivity contribution in [3.05, 3.63) is 28.8 Å². The van der Waals surface area contributed by atoms with E-state index < -0.39 is 0 Å². The van der Waals surface area contributed by atoms with Crippen molar-refractivity contribution in [2.45, 2.75) is 39.8 Å². The molecule has 24 heavy (non-hydrogen) atoms. The second-order valence-corrected chi connectivity index (χ2v) is 6.43. The largest absolute Gasteiger partial charge is 0.378 e. The number of rotatable bonds is 5. The van der Waals surface area contributed by atoms with E-state index in [-0.39, 0.29) is 5.91 Å². The molecule has 0 unspecified atom stereocenters. The van der Waals surface area contributed by atoms with Crippen molar-refractivity contribution in [2.24, 2.45) is 5.92 Å². The number of piperidine rings is 1. The number of nitrogens with one attached hydrogen (secondary N) is 1. The standard InChI is InChI=1S/C16H24N6O2/c1-11-15(12(2)18-17-11)16(23)21-6-4-5-13(7-21)8-22-9-14(10-24-3)19-20-22/h9,13H,4-8,10H2,1-3H3,(H,17,18)/t13-/m1/s1. The molecule has 1 fully saturated rings. The number of aryl methyl sites for hydroxylation is 2. The van der Waals surface area contributed by atoms with Crippen LogP contribution >= 0.6 is 0 Å². The van der Waals surface area contributed by atoms with Crippen LogP contribution in [0.4, 0.5) is 0 Å². The molecule has 2 aromatic heterocycles. The van der Waals surface area contributed by atoms with E-state index in [2.05, 4.69) is 20.5 Å². The van der Waals surface area contributed by atoms with Gasteiger partial charge in [0.2, 0.25) is 0 Å². The Morgan fingerprint density at radius 1 is 1.46 bits per heavy atom. The van der Waals surface area contributed by atoms with Crippen LogP contribution in [0.1, 0.15) is 40.3 Å². The number of amides is 1. The van der Waals surface area contributed by atoms with Gasteiger partial charge >= 0.3 is 0 Å². The lowest BCUT2D eigenvalue weighted by Gasteiger charge is -2.32. The summed E-state index contributed by atoms with van der Waals surface area (Å²) >= 11 is 0. The molecule has 1 aliphatic heterocycles. The van der Waals surface area contributed by atoms with Crippen LogP contribution in [0.5, 0.6) is 0 Å². The molecule has 3 heterocycles.